The van der Waals surface area contributed by atoms with Crippen LogP contribution in [0.2, 0.25) is 0 Å². The Morgan fingerprint density at radius 3 is 0.940 bits per heavy atom. The third kappa shape index (κ3) is 25.9. The molecule has 0 amide bonds. The molecule has 0 atom stereocenters. The lowest BCUT2D eigenvalue weighted by molar-refractivity contribution is 0.0480. The molecule has 0 aliphatic heterocycles. The van der Waals surface area contributed by atoms with Crippen LogP contribution in [-0.2, 0) is 9.47 Å². The van der Waals surface area contributed by atoms with Crippen LogP contribution in [-0.4, -0.2) is 74.2 Å². The number of unbranched alkanes of at least 4 members (excludes halogenated alkanes) is 20. The summed E-state index contributed by atoms with van der Waals surface area (Å²) in [5.74, 6) is -0.665. The van der Waals surface area contributed by atoms with Gasteiger partial charge in [-0.2, -0.15) is 0 Å². The molecule has 1 aromatic carbocycles. The molecule has 0 aromatic heterocycles. The molecule has 0 aliphatic rings. The number of esters is 2. The van der Waals surface area contributed by atoms with Gasteiger partial charge in [-0.1, -0.05) is 143 Å². The standard InChI is InChI=1S/C44H80N2O4/c1-5-9-11-13-15-17-19-21-23-25-35-45(7-3)37-27-29-39-49-43(47)41-31-33-42(34-32-41)44(48)50-40-30-28-38-46(8-4)36-26-24-22-20-18-16-14-12-10-6-2/h31-34H,5-30,35-40H2,1-4H3. The molecule has 1 rings (SSSR count). The minimum Gasteiger partial charge on any atom is -0.462 e. The zero-order chi connectivity index (χ0) is 36.3. The molecule has 50 heavy (non-hydrogen) atoms. The van der Waals surface area contributed by atoms with E-state index < -0.39 is 0 Å². The van der Waals surface area contributed by atoms with Gasteiger partial charge in [0.1, 0.15) is 0 Å². The molecule has 0 unspecified atom stereocenters. The summed E-state index contributed by atoms with van der Waals surface area (Å²) in [5, 5.41) is 0. The summed E-state index contributed by atoms with van der Waals surface area (Å²) in [4.78, 5) is 30.1. The molecular weight excluding hydrogens is 620 g/mol. The fourth-order valence-electron chi connectivity index (χ4n) is 6.62. The largest absolute Gasteiger partial charge is 0.462 e. The molecule has 6 nitrogen and oxygen atoms in total. The number of benzene rings is 1. The summed E-state index contributed by atoms with van der Waals surface area (Å²) in [6.45, 7) is 16.4. The van der Waals surface area contributed by atoms with E-state index >= 15 is 0 Å². The van der Waals surface area contributed by atoms with Gasteiger partial charge in [-0.3, -0.25) is 0 Å². The van der Waals surface area contributed by atoms with Gasteiger partial charge in [0.25, 0.3) is 0 Å². The zero-order valence-corrected chi connectivity index (χ0v) is 33.5. The predicted octanol–water partition coefficient (Wildman–Crippen LogP) is 12.0. The van der Waals surface area contributed by atoms with Crippen molar-refractivity contribution in [1.82, 2.24) is 9.80 Å². The Morgan fingerprint density at radius 2 is 0.660 bits per heavy atom. The maximum atomic E-state index is 12.5. The van der Waals surface area contributed by atoms with Crippen LogP contribution >= 0.6 is 0 Å². The van der Waals surface area contributed by atoms with E-state index in [4.69, 9.17) is 9.47 Å². The molecule has 0 saturated heterocycles. The Balaban J connectivity index is 2.09. The molecule has 290 valence electrons. The number of hydrogen-bond donors (Lipinski definition) is 0. The van der Waals surface area contributed by atoms with Gasteiger partial charge in [0.2, 0.25) is 0 Å². The molecule has 0 saturated carbocycles. The lowest BCUT2D eigenvalue weighted by Gasteiger charge is -2.20. The molecule has 0 spiro atoms. The maximum absolute atomic E-state index is 12.5. The van der Waals surface area contributed by atoms with Crippen LogP contribution in [0.4, 0.5) is 0 Å². The lowest BCUT2D eigenvalue weighted by atomic mass is 10.1. The fraction of sp³-hybridized carbons (Fsp3) is 0.818. The van der Waals surface area contributed by atoms with Crippen LogP contribution in [0, 0.1) is 0 Å². The quantitative estimate of drug-likeness (QED) is 0.0513. The van der Waals surface area contributed by atoms with Crippen molar-refractivity contribution in [3.8, 4) is 0 Å². The molecule has 0 N–H and O–H groups in total. The SMILES string of the molecule is CCCCCCCCCCCCN(CC)CCCCOC(=O)c1ccc(C(=O)OCCCCN(CC)CCCCCCCCCCCC)cc1. The Kier molecular flexibility index (Phi) is 31.5. The second-order valence-corrected chi connectivity index (χ2v) is 14.5. The normalized spacial score (nSPS) is 11.5. The number of carbonyl (C=O) groups is 2. The summed E-state index contributed by atoms with van der Waals surface area (Å²) in [6, 6.07) is 6.65. The van der Waals surface area contributed by atoms with Gasteiger partial charge in [0.15, 0.2) is 0 Å². The van der Waals surface area contributed by atoms with Crippen LogP contribution in [0.3, 0.4) is 0 Å². The Bertz CT molecular complexity index is 833. The highest BCUT2D eigenvalue weighted by molar-refractivity contribution is 5.93. The molecule has 0 bridgehead atoms. The summed E-state index contributed by atoms with van der Waals surface area (Å²) < 4.78 is 11.0. The van der Waals surface area contributed by atoms with E-state index in [-0.39, 0.29) is 11.9 Å². The minimum absolute atomic E-state index is 0.332. The number of carbonyl (C=O) groups excluding carboxylic acids is 2. The van der Waals surface area contributed by atoms with Crippen molar-refractivity contribution in [3.63, 3.8) is 0 Å². The van der Waals surface area contributed by atoms with Crippen molar-refractivity contribution in [3.05, 3.63) is 35.4 Å². The van der Waals surface area contributed by atoms with Crippen molar-refractivity contribution < 1.29 is 19.1 Å². The van der Waals surface area contributed by atoms with Crippen molar-refractivity contribution in [2.45, 2.75) is 182 Å². The molecule has 0 aliphatic carbocycles. The summed E-state index contributed by atoms with van der Waals surface area (Å²) in [7, 11) is 0. The molecule has 0 heterocycles. The average molecular weight is 701 g/mol. The highest BCUT2D eigenvalue weighted by atomic mass is 16.5. The van der Waals surface area contributed by atoms with E-state index in [9.17, 15) is 9.59 Å². The van der Waals surface area contributed by atoms with Gasteiger partial charge >= 0.3 is 11.9 Å². The highest BCUT2D eigenvalue weighted by Gasteiger charge is 2.12. The topological polar surface area (TPSA) is 59.1 Å². The molecular formula is C44H80N2O4. The number of rotatable bonds is 36. The molecule has 6 heteroatoms. The van der Waals surface area contributed by atoms with Gasteiger partial charge in [-0.05, 0) is 102 Å². The van der Waals surface area contributed by atoms with Crippen LogP contribution in [0.25, 0.3) is 0 Å². The monoisotopic (exact) mass is 701 g/mol. The molecule has 1 aromatic rings. The van der Waals surface area contributed by atoms with Gasteiger partial charge in [0.05, 0.1) is 24.3 Å². The van der Waals surface area contributed by atoms with Crippen molar-refractivity contribution in [1.29, 1.82) is 0 Å². The first kappa shape index (κ1) is 46.1. The number of ether oxygens (including phenoxy) is 2. The Hall–Kier alpha value is -1.92. The predicted molar refractivity (Wildman–Crippen MR) is 213 cm³/mol. The molecule has 0 fully saturated rings. The first-order valence-electron chi connectivity index (χ1n) is 21.4. The second kappa shape index (κ2) is 34.2. The van der Waals surface area contributed by atoms with E-state index in [1.165, 1.54) is 142 Å². The Morgan fingerprint density at radius 1 is 0.400 bits per heavy atom. The second-order valence-electron chi connectivity index (χ2n) is 14.5. The fourth-order valence-corrected chi connectivity index (χ4v) is 6.62. The van der Waals surface area contributed by atoms with Crippen LogP contribution in [0.5, 0.6) is 0 Å². The first-order chi connectivity index (χ1) is 24.5. The van der Waals surface area contributed by atoms with Gasteiger partial charge in [0, 0.05) is 0 Å². The van der Waals surface area contributed by atoms with Gasteiger partial charge < -0.3 is 19.3 Å². The van der Waals surface area contributed by atoms with Crippen LogP contribution in [0.1, 0.15) is 203 Å². The molecule has 0 radical (unpaired) electrons. The van der Waals surface area contributed by atoms with E-state index in [1.54, 1.807) is 24.3 Å². The highest BCUT2D eigenvalue weighted by Crippen LogP contribution is 2.13. The van der Waals surface area contributed by atoms with Crippen molar-refractivity contribution >= 4 is 11.9 Å². The average Bonchev–Trinajstić information content (AvgIpc) is 3.14. The zero-order valence-electron chi connectivity index (χ0n) is 33.5. The van der Waals surface area contributed by atoms with E-state index in [0.717, 1.165) is 51.9 Å². The summed E-state index contributed by atoms with van der Waals surface area (Å²) in [5.41, 5.74) is 0.944. The number of hydrogen-bond acceptors (Lipinski definition) is 6. The smallest absolute Gasteiger partial charge is 0.338 e. The van der Waals surface area contributed by atoms with Gasteiger partial charge in [-0.15, -0.1) is 0 Å². The number of nitrogens with zero attached hydrogens (tertiary/aromatic N) is 2. The maximum Gasteiger partial charge on any atom is 0.338 e. The summed E-state index contributed by atoms with van der Waals surface area (Å²) >= 11 is 0. The van der Waals surface area contributed by atoms with Crippen LogP contribution in [0.15, 0.2) is 24.3 Å². The Labute approximate surface area is 309 Å². The van der Waals surface area contributed by atoms with Gasteiger partial charge in [-0.25, -0.2) is 9.59 Å². The summed E-state index contributed by atoms with van der Waals surface area (Å²) in [6.07, 6.45) is 31.2. The third-order valence-corrected chi connectivity index (χ3v) is 10.1. The van der Waals surface area contributed by atoms with Crippen LogP contribution < -0.4 is 0 Å². The lowest BCUT2D eigenvalue weighted by Crippen LogP contribution is -2.26. The van der Waals surface area contributed by atoms with Crippen molar-refractivity contribution in [2.75, 3.05) is 52.5 Å². The van der Waals surface area contributed by atoms with E-state index in [1.807, 2.05) is 0 Å². The van der Waals surface area contributed by atoms with E-state index in [0.29, 0.717) is 24.3 Å². The first-order valence-corrected chi connectivity index (χ1v) is 21.4. The minimum atomic E-state index is -0.332. The third-order valence-electron chi connectivity index (χ3n) is 10.1. The van der Waals surface area contributed by atoms with Crippen molar-refractivity contribution in [2.24, 2.45) is 0 Å². The van der Waals surface area contributed by atoms with E-state index in [2.05, 4.69) is 37.5 Å².